The zero-order chi connectivity index (χ0) is 13.7. The van der Waals surface area contributed by atoms with Crippen LogP contribution in [0.1, 0.15) is 29.7 Å². The summed E-state index contributed by atoms with van der Waals surface area (Å²) >= 11 is 1.78. The van der Waals surface area contributed by atoms with Gasteiger partial charge in [-0.15, -0.1) is 11.3 Å². The molecule has 104 valence electrons. The fraction of sp³-hybridized carbons (Fsp3) is 0.500. The van der Waals surface area contributed by atoms with E-state index in [9.17, 15) is 4.79 Å². The molecule has 0 spiro atoms. The van der Waals surface area contributed by atoms with Gasteiger partial charge >= 0.3 is 0 Å². The van der Waals surface area contributed by atoms with E-state index in [1.54, 1.807) is 17.7 Å². The molecular formula is C14H16N4OS. The lowest BCUT2D eigenvalue weighted by Crippen LogP contribution is -2.40. The Kier molecular flexibility index (Phi) is 2.66. The summed E-state index contributed by atoms with van der Waals surface area (Å²) in [6.45, 7) is 0.852. The van der Waals surface area contributed by atoms with Gasteiger partial charge in [-0.1, -0.05) is 0 Å². The Morgan fingerprint density at radius 2 is 2.25 bits per heavy atom. The fourth-order valence-electron chi connectivity index (χ4n) is 3.45. The minimum Gasteiger partial charge on any atom is -0.368 e. The second-order valence-electron chi connectivity index (χ2n) is 5.49. The van der Waals surface area contributed by atoms with Gasteiger partial charge in [0.05, 0.1) is 5.39 Å². The van der Waals surface area contributed by atoms with Gasteiger partial charge in [0.25, 0.3) is 0 Å². The lowest BCUT2D eigenvalue weighted by atomic mass is 10.1. The van der Waals surface area contributed by atoms with Gasteiger partial charge in [-0.25, -0.2) is 9.97 Å². The van der Waals surface area contributed by atoms with E-state index >= 15 is 0 Å². The first-order chi connectivity index (χ1) is 9.75. The molecule has 2 aliphatic rings. The molecule has 0 unspecified atom stereocenters. The SMILES string of the molecule is NC(=O)[C@@H]1CCCN1c1ncnc2sc3c(c12)CCC3. The first-order valence-electron chi connectivity index (χ1n) is 7.07. The average Bonchev–Trinajstić information content (AvgIpc) is 3.12. The molecule has 2 N–H and O–H groups in total. The van der Waals surface area contributed by atoms with Crippen LogP contribution in [0.2, 0.25) is 0 Å². The van der Waals surface area contributed by atoms with Crippen LogP contribution < -0.4 is 10.6 Å². The van der Waals surface area contributed by atoms with Crippen LogP contribution in [0.5, 0.6) is 0 Å². The average molecular weight is 288 g/mol. The van der Waals surface area contributed by atoms with E-state index in [-0.39, 0.29) is 11.9 Å². The molecule has 0 aromatic carbocycles. The minimum absolute atomic E-state index is 0.218. The normalized spacial score (nSPS) is 21.6. The van der Waals surface area contributed by atoms with E-state index in [0.717, 1.165) is 48.3 Å². The van der Waals surface area contributed by atoms with Gasteiger partial charge in [0, 0.05) is 11.4 Å². The van der Waals surface area contributed by atoms with Crippen molar-refractivity contribution >= 4 is 33.3 Å². The Morgan fingerprint density at radius 3 is 3.10 bits per heavy atom. The third-order valence-electron chi connectivity index (χ3n) is 4.33. The standard InChI is InChI=1S/C14H16N4OS/c15-12(19)9-4-2-6-18(9)13-11-8-3-1-5-10(8)20-14(11)17-7-16-13/h7,9H,1-6H2,(H2,15,19)/t9-/m0/s1. The summed E-state index contributed by atoms with van der Waals surface area (Å²) in [5.74, 6) is 0.664. The molecule has 5 nitrogen and oxygen atoms in total. The monoisotopic (exact) mass is 288 g/mol. The number of thiophene rings is 1. The Balaban J connectivity index is 1.89. The third kappa shape index (κ3) is 1.64. The smallest absolute Gasteiger partial charge is 0.240 e. The zero-order valence-corrected chi connectivity index (χ0v) is 11.9. The van der Waals surface area contributed by atoms with Crippen LogP contribution >= 0.6 is 11.3 Å². The molecule has 2 aromatic rings. The quantitative estimate of drug-likeness (QED) is 0.911. The maximum absolute atomic E-state index is 11.6. The highest BCUT2D eigenvalue weighted by Crippen LogP contribution is 2.41. The van der Waals surface area contributed by atoms with Crippen molar-refractivity contribution in [2.45, 2.75) is 38.1 Å². The number of carbonyl (C=O) groups is 1. The molecule has 1 saturated heterocycles. The van der Waals surface area contributed by atoms with Crippen LogP contribution in [0, 0.1) is 0 Å². The number of aromatic nitrogens is 2. The number of nitrogens with two attached hydrogens (primary N) is 1. The number of anilines is 1. The predicted octanol–water partition coefficient (Wildman–Crippen LogP) is 1.63. The van der Waals surface area contributed by atoms with Crippen molar-refractivity contribution in [3.05, 3.63) is 16.8 Å². The molecule has 0 radical (unpaired) electrons. The van der Waals surface area contributed by atoms with Crippen molar-refractivity contribution in [2.24, 2.45) is 5.73 Å². The lowest BCUT2D eigenvalue weighted by molar-refractivity contribution is -0.119. The number of carbonyl (C=O) groups excluding carboxylic acids is 1. The Labute approximate surface area is 120 Å². The third-order valence-corrected chi connectivity index (χ3v) is 5.53. The number of fused-ring (bicyclic) bond motifs is 3. The van der Waals surface area contributed by atoms with Gasteiger partial charge in [0.15, 0.2) is 0 Å². The summed E-state index contributed by atoms with van der Waals surface area (Å²) in [7, 11) is 0. The number of aryl methyl sites for hydroxylation is 2. The van der Waals surface area contributed by atoms with Gasteiger partial charge in [-0.3, -0.25) is 4.79 Å². The molecule has 1 aliphatic heterocycles. The van der Waals surface area contributed by atoms with E-state index in [1.165, 1.54) is 16.9 Å². The Hall–Kier alpha value is -1.69. The molecule has 2 aromatic heterocycles. The van der Waals surface area contributed by atoms with Crippen molar-refractivity contribution in [3.8, 4) is 0 Å². The molecule has 1 aliphatic carbocycles. The minimum atomic E-state index is -0.249. The largest absolute Gasteiger partial charge is 0.368 e. The second kappa shape index (κ2) is 4.41. The van der Waals surface area contributed by atoms with Crippen molar-refractivity contribution in [1.82, 2.24) is 9.97 Å². The number of hydrogen-bond donors (Lipinski definition) is 1. The Morgan fingerprint density at radius 1 is 1.35 bits per heavy atom. The summed E-state index contributed by atoms with van der Waals surface area (Å²) in [6.07, 6.45) is 6.89. The van der Waals surface area contributed by atoms with Crippen LogP contribution in [-0.4, -0.2) is 28.5 Å². The number of nitrogens with zero attached hydrogens (tertiary/aromatic N) is 3. The summed E-state index contributed by atoms with van der Waals surface area (Å²) < 4.78 is 0. The van der Waals surface area contributed by atoms with E-state index in [4.69, 9.17) is 5.73 Å². The molecule has 1 fully saturated rings. The van der Waals surface area contributed by atoms with Crippen LogP contribution in [0.25, 0.3) is 10.2 Å². The van der Waals surface area contributed by atoms with Gasteiger partial charge in [0.2, 0.25) is 5.91 Å². The summed E-state index contributed by atoms with van der Waals surface area (Å²) in [5.41, 5.74) is 6.94. The van der Waals surface area contributed by atoms with Crippen LogP contribution in [0.3, 0.4) is 0 Å². The van der Waals surface area contributed by atoms with Crippen molar-refractivity contribution in [1.29, 1.82) is 0 Å². The maximum Gasteiger partial charge on any atom is 0.240 e. The van der Waals surface area contributed by atoms with Crippen LogP contribution in [0.4, 0.5) is 5.82 Å². The Bertz CT molecular complexity index is 696. The van der Waals surface area contributed by atoms with Crippen molar-refractivity contribution in [2.75, 3.05) is 11.4 Å². The van der Waals surface area contributed by atoms with Crippen LogP contribution in [-0.2, 0) is 17.6 Å². The number of primary amides is 1. The number of amides is 1. The first-order valence-corrected chi connectivity index (χ1v) is 7.88. The predicted molar refractivity (Wildman–Crippen MR) is 79.0 cm³/mol. The highest BCUT2D eigenvalue weighted by atomic mass is 32.1. The van der Waals surface area contributed by atoms with E-state index in [1.807, 2.05) is 0 Å². The van der Waals surface area contributed by atoms with Crippen molar-refractivity contribution in [3.63, 3.8) is 0 Å². The fourth-order valence-corrected chi connectivity index (χ4v) is 4.67. The van der Waals surface area contributed by atoms with Crippen molar-refractivity contribution < 1.29 is 4.79 Å². The number of hydrogen-bond acceptors (Lipinski definition) is 5. The van der Waals surface area contributed by atoms with E-state index < -0.39 is 0 Å². The van der Waals surface area contributed by atoms with Gasteiger partial charge in [0.1, 0.15) is 23.0 Å². The highest BCUT2D eigenvalue weighted by Gasteiger charge is 2.33. The van der Waals surface area contributed by atoms with E-state index in [2.05, 4.69) is 14.9 Å². The maximum atomic E-state index is 11.6. The topological polar surface area (TPSA) is 72.1 Å². The van der Waals surface area contributed by atoms with E-state index in [0.29, 0.717) is 0 Å². The molecule has 3 heterocycles. The highest BCUT2D eigenvalue weighted by molar-refractivity contribution is 7.19. The molecule has 20 heavy (non-hydrogen) atoms. The van der Waals surface area contributed by atoms with Crippen LogP contribution in [0.15, 0.2) is 6.33 Å². The molecule has 4 rings (SSSR count). The molecule has 1 amide bonds. The summed E-state index contributed by atoms with van der Waals surface area (Å²) in [4.78, 5) is 25.1. The molecular weight excluding hydrogens is 272 g/mol. The van der Waals surface area contributed by atoms with Gasteiger partial charge < -0.3 is 10.6 Å². The summed E-state index contributed by atoms with van der Waals surface area (Å²) in [6, 6.07) is -0.218. The lowest BCUT2D eigenvalue weighted by Gasteiger charge is -2.24. The molecule has 0 bridgehead atoms. The van der Waals surface area contributed by atoms with Gasteiger partial charge in [-0.2, -0.15) is 0 Å². The molecule has 6 heteroatoms. The van der Waals surface area contributed by atoms with Gasteiger partial charge in [-0.05, 0) is 37.7 Å². The zero-order valence-electron chi connectivity index (χ0n) is 11.1. The summed E-state index contributed by atoms with van der Waals surface area (Å²) in [5, 5.41) is 1.16. The molecule has 0 saturated carbocycles. The second-order valence-corrected chi connectivity index (χ2v) is 6.57. The first kappa shape index (κ1) is 12.1. The molecule has 1 atom stereocenters. The number of rotatable bonds is 2.